The van der Waals surface area contributed by atoms with Crippen LogP contribution in [0.25, 0.3) is 0 Å². The second-order valence-electron chi connectivity index (χ2n) is 6.23. The van der Waals surface area contributed by atoms with E-state index in [1.807, 2.05) is 0 Å². The number of methoxy groups -OCH3 is 2. The first-order valence-electron chi connectivity index (χ1n) is 8.78. The molecule has 0 atom stereocenters. The number of hydrogen-bond acceptors (Lipinski definition) is 6. The van der Waals surface area contributed by atoms with Gasteiger partial charge in [0.2, 0.25) is 0 Å². The summed E-state index contributed by atoms with van der Waals surface area (Å²) in [7, 11) is -5.26. The van der Waals surface area contributed by atoms with Crippen LogP contribution in [0, 0.1) is 0 Å². The molecule has 8 nitrogen and oxygen atoms in total. The Morgan fingerprint density at radius 3 is 1.90 bits per heavy atom. The minimum Gasteiger partial charge on any atom is -0.497 e. The fraction of sp³-hybridized carbons (Fsp3) is 0.100. The molecule has 0 saturated carbocycles. The molecule has 11 heteroatoms. The lowest BCUT2D eigenvalue weighted by Crippen LogP contribution is -2.16. The van der Waals surface area contributed by atoms with E-state index in [-0.39, 0.29) is 31.9 Å². The molecule has 0 heterocycles. The minimum atomic E-state index is -4.05. The van der Waals surface area contributed by atoms with Crippen LogP contribution in [0.1, 0.15) is 0 Å². The second-order valence-corrected chi connectivity index (χ2v) is 10.0. The number of halogens is 1. The number of para-hydroxylation sites is 1. The first-order chi connectivity index (χ1) is 14.7. The van der Waals surface area contributed by atoms with Gasteiger partial charge in [-0.25, -0.2) is 16.8 Å². The predicted octanol–water partition coefficient (Wildman–Crippen LogP) is 3.96. The molecule has 0 aliphatic rings. The van der Waals surface area contributed by atoms with Gasteiger partial charge in [0, 0.05) is 0 Å². The van der Waals surface area contributed by atoms with Crippen molar-refractivity contribution in [3.8, 4) is 11.5 Å². The Kier molecular flexibility index (Phi) is 6.63. The van der Waals surface area contributed by atoms with Crippen LogP contribution in [0.3, 0.4) is 0 Å². The number of benzene rings is 3. The number of nitrogens with one attached hydrogen (secondary N) is 2. The Hall–Kier alpha value is -2.95. The largest absolute Gasteiger partial charge is 0.497 e. The zero-order chi connectivity index (χ0) is 22.6. The first kappa shape index (κ1) is 22.7. The van der Waals surface area contributed by atoms with Crippen LogP contribution < -0.4 is 18.9 Å². The molecule has 0 aromatic heterocycles. The van der Waals surface area contributed by atoms with Gasteiger partial charge in [-0.1, -0.05) is 23.7 Å². The van der Waals surface area contributed by atoms with E-state index in [1.54, 1.807) is 18.2 Å². The van der Waals surface area contributed by atoms with Crippen LogP contribution in [0.4, 0.5) is 11.4 Å². The Morgan fingerprint density at radius 1 is 0.710 bits per heavy atom. The Bertz CT molecular complexity index is 1290. The molecule has 164 valence electrons. The number of anilines is 2. The lowest BCUT2D eigenvalue weighted by Gasteiger charge is -2.15. The van der Waals surface area contributed by atoms with Crippen LogP contribution in [-0.4, -0.2) is 31.1 Å². The number of hydrogen-bond donors (Lipinski definition) is 2. The van der Waals surface area contributed by atoms with Crippen LogP contribution in [0.2, 0.25) is 5.02 Å². The molecule has 3 aromatic rings. The molecule has 3 aromatic carbocycles. The standard InChI is InChI=1S/C20H19ClN2O6S2/c1-28-14-7-9-15(10-8-14)30(24,25)23-19-13-16(11-12-20(19)29-2)31(26,27)22-18-6-4-3-5-17(18)21/h3-13,22-23H,1-2H3. The third-order valence-electron chi connectivity index (χ3n) is 4.21. The van der Waals surface area contributed by atoms with E-state index in [2.05, 4.69) is 9.44 Å². The molecule has 0 aliphatic heterocycles. The topological polar surface area (TPSA) is 111 Å². The second kappa shape index (κ2) is 9.04. The summed E-state index contributed by atoms with van der Waals surface area (Å²) in [6.45, 7) is 0. The highest BCUT2D eigenvalue weighted by Gasteiger charge is 2.21. The SMILES string of the molecule is COc1ccc(S(=O)(=O)Nc2cc(S(=O)(=O)Nc3ccccc3Cl)ccc2OC)cc1. The van der Waals surface area contributed by atoms with Crippen LogP contribution in [0.15, 0.2) is 76.5 Å². The number of rotatable bonds is 8. The van der Waals surface area contributed by atoms with Crippen LogP contribution >= 0.6 is 11.6 Å². The quantitative estimate of drug-likeness (QED) is 0.502. The summed E-state index contributed by atoms with van der Waals surface area (Å²) >= 11 is 6.03. The van der Waals surface area contributed by atoms with Crippen molar-refractivity contribution in [2.75, 3.05) is 23.7 Å². The van der Waals surface area contributed by atoms with Crippen molar-refractivity contribution in [2.45, 2.75) is 9.79 Å². The highest BCUT2D eigenvalue weighted by Crippen LogP contribution is 2.31. The van der Waals surface area contributed by atoms with Crippen LogP contribution in [-0.2, 0) is 20.0 Å². The minimum absolute atomic E-state index is 0.0298. The van der Waals surface area contributed by atoms with E-state index >= 15 is 0 Å². The lowest BCUT2D eigenvalue weighted by molar-refractivity contribution is 0.414. The lowest BCUT2D eigenvalue weighted by atomic mass is 10.3. The van der Waals surface area contributed by atoms with Gasteiger partial charge in [-0.15, -0.1) is 0 Å². The zero-order valence-electron chi connectivity index (χ0n) is 16.5. The van der Waals surface area contributed by atoms with Crippen LogP contribution in [0.5, 0.6) is 11.5 Å². The average Bonchev–Trinajstić information content (AvgIpc) is 2.75. The van der Waals surface area contributed by atoms with Gasteiger partial charge in [0.05, 0.1) is 40.4 Å². The zero-order valence-corrected chi connectivity index (χ0v) is 18.9. The van der Waals surface area contributed by atoms with Crippen molar-refractivity contribution in [1.82, 2.24) is 0 Å². The molecule has 0 spiro atoms. The summed E-state index contributed by atoms with van der Waals surface area (Å²) in [6, 6.07) is 15.9. The molecule has 31 heavy (non-hydrogen) atoms. The molecule has 0 unspecified atom stereocenters. The molecule has 0 radical (unpaired) electrons. The molecule has 0 saturated heterocycles. The first-order valence-corrected chi connectivity index (χ1v) is 12.1. The normalized spacial score (nSPS) is 11.6. The summed E-state index contributed by atoms with van der Waals surface area (Å²) < 4.78 is 66.1. The molecule has 0 fully saturated rings. The van der Waals surface area contributed by atoms with Gasteiger partial charge in [-0.2, -0.15) is 0 Å². The van der Waals surface area contributed by atoms with Gasteiger partial charge < -0.3 is 9.47 Å². The highest BCUT2D eigenvalue weighted by atomic mass is 35.5. The summed E-state index contributed by atoms with van der Waals surface area (Å²) in [5, 5.41) is 0.222. The number of ether oxygens (including phenoxy) is 2. The van der Waals surface area contributed by atoms with Crippen molar-refractivity contribution >= 4 is 43.0 Å². The maximum absolute atomic E-state index is 12.8. The molecule has 0 bridgehead atoms. The van der Waals surface area contributed by atoms with Crippen molar-refractivity contribution in [3.63, 3.8) is 0 Å². The van der Waals surface area contributed by atoms with Crippen molar-refractivity contribution in [2.24, 2.45) is 0 Å². The summed E-state index contributed by atoms with van der Waals surface area (Å²) in [5.41, 5.74) is 0.153. The number of sulfonamides is 2. The Balaban J connectivity index is 1.95. The van der Waals surface area contributed by atoms with E-state index in [9.17, 15) is 16.8 Å². The van der Waals surface area contributed by atoms with Gasteiger partial charge in [0.15, 0.2) is 0 Å². The summed E-state index contributed by atoms with van der Waals surface area (Å²) in [4.78, 5) is -0.210. The fourth-order valence-electron chi connectivity index (χ4n) is 2.64. The van der Waals surface area contributed by atoms with Crippen molar-refractivity contribution in [1.29, 1.82) is 0 Å². The van der Waals surface area contributed by atoms with Gasteiger partial charge in [-0.05, 0) is 54.6 Å². The predicted molar refractivity (Wildman–Crippen MR) is 119 cm³/mol. The third kappa shape index (κ3) is 5.22. The van der Waals surface area contributed by atoms with E-state index in [0.29, 0.717) is 5.75 Å². The molecule has 0 aliphatic carbocycles. The molecule has 2 N–H and O–H groups in total. The van der Waals surface area contributed by atoms with Crippen molar-refractivity contribution < 1.29 is 26.3 Å². The van der Waals surface area contributed by atoms with Crippen molar-refractivity contribution in [3.05, 3.63) is 71.8 Å². The van der Waals surface area contributed by atoms with Gasteiger partial charge in [-0.3, -0.25) is 9.44 Å². The average molecular weight is 483 g/mol. The van der Waals surface area contributed by atoms with E-state index in [0.717, 1.165) is 0 Å². The maximum Gasteiger partial charge on any atom is 0.262 e. The van der Waals surface area contributed by atoms with E-state index in [1.165, 1.54) is 62.8 Å². The monoisotopic (exact) mass is 482 g/mol. The summed E-state index contributed by atoms with van der Waals surface area (Å²) in [6.07, 6.45) is 0. The van der Waals surface area contributed by atoms with Gasteiger partial charge >= 0.3 is 0 Å². The van der Waals surface area contributed by atoms with Gasteiger partial charge in [0.1, 0.15) is 11.5 Å². The maximum atomic E-state index is 12.8. The molecule has 0 amide bonds. The highest BCUT2D eigenvalue weighted by molar-refractivity contribution is 7.93. The third-order valence-corrected chi connectivity index (χ3v) is 7.29. The van der Waals surface area contributed by atoms with Gasteiger partial charge in [0.25, 0.3) is 20.0 Å². The Morgan fingerprint density at radius 2 is 1.29 bits per heavy atom. The van der Waals surface area contributed by atoms with E-state index < -0.39 is 20.0 Å². The Labute approximate surface area is 185 Å². The smallest absolute Gasteiger partial charge is 0.262 e. The molecular formula is C20H19ClN2O6S2. The molecule has 3 rings (SSSR count). The summed E-state index contributed by atoms with van der Waals surface area (Å²) in [5.74, 6) is 0.643. The fourth-order valence-corrected chi connectivity index (χ4v) is 5.05. The molecular weight excluding hydrogens is 464 g/mol. The van der Waals surface area contributed by atoms with E-state index in [4.69, 9.17) is 21.1 Å².